The molecule has 1 heterocycles. The molecular weight excluding hydrogens is 330 g/mol. The maximum atomic E-state index is 11.4. The van der Waals surface area contributed by atoms with E-state index in [9.17, 15) is 5.11 Å². The molecule has 0 amide bonds. The maximum absolute atomic E-state index is 11.4. The number of rotatable bonds is 5. The quantitative estimate of drug-likeness (QED) is 0.698. The fraction of sp³-hybridized carbons (Fsp3) is 0.280. The van der Waals surface area contributed by atoms with Crippen LogP contribution in [-0.4, -0.2) is 23.1 Å². The molecule has 2 heteroatoms. The van der Waals surface area contributed by atoms with Gasteiger partial charge in [-0.15, -0.1) is 0 Å². The van der Waals surface area contributed by atoms with Crippen molar-refractivity contribution < 1.29 is 5.11 Å². The molecule has 0 saturated carbocycles. The van der Waals surface area contributed by atoms with Crippen molar-refractivity contribution in [1.82, 2.24) is 4.90 Å². The minimum atomic E-state index is -0.486. The molecule has 1 aliphatic rings. The lowest BCUT2D eigenvalue weighted by Gasteiger charge is -2.45. The zero-order chi connectivity index (χ0) is 18.5. The van der Waals surface area contributed by atoms with Gasteiger partial charge >= 0.3 is 0 Å². The number of hydrogen-bond donors (Lipinski definition) is 1. The van der Waals surface area contributed by atoms with Crippen LogP contribution in [0.1, 0.15) is 35.6 Å². The molecule has 3 aromatic carbocycles. The topological polar surface area (TPSA) is 23.5 Å². The Hall–Kier alpha value is -2.42. The molecule has 1 fully saturated rings. The molecule has 2 nitrogen and oxygen atoms in total. The second kappa shape index (κ2) is 8.08. The zero-order valence-corrected chi connectivity index (χ0v) is 15.7. The number of nitrogens with zero attached hydrogens (tertiary/aromatic N) is 1. The van der Waals surface area contributed by atoms with Crippen LogP contribution in [0.3, 0.4) is 0 Å². The first-order valence-electron chi connectivity index (χ1n) is 9.83. The average Bonchev–Trinajstić information content (AvgIpc) is 2.76. The summed E-state index contributed by atoms with van der Waals surface area (Å²) in [6, 6.07) is 31.4. The predicted molar refractivity (Wildman–Crippen MR) is 110 cm³/mol. The number of benzene rings is 3. The van der Waals surface area contributed by atoms with E-state index in [1.807, 2.05) is 30.3 Å². The van der Waals surface area contributed by atoms with Gasteiger partial charge in [-0.1, -0.05) is 91.0 Å². The first kappa shape index (κ1) is 18.0. The van der Waals surface area contributed by atoms with Crippen molar-refractivity contribution in [2.45, 2.75) is 30.9 Å². The number of piperidine rings is 1. The molecule has 27 heavy (non-hydrogen) atoms. The molecule has 0 spiro atoms. The van der Waals surface area contributed by atoms with Gasteiger partial charge in [0.25, 0.3) is 0 Å². The normalized spacial score (nSPS) is 18.1. The van der Waals surface area contributed by atoms with Crippen LogP contribution in [0.5, 0.6) is 0 Å². The Morgan fingerprint density at radius 1 is 0.741 bits per heavy atom. The van der Waals surface area contributed by atoms with Crippen LogP contribution in [-0.2, 0) is 12.0 Å². The number of likely N-dealkylation sites (tertiary alicyclic amines) is 1. The third-order valence-electron chi connectivity index (χ3n) is 5.98. The summed E-state index contributed by atoms with van der Waals surface area (Å²) in [5.41, 5.74) is 3.39. The molecule has 1 atom stereocenters. The van der Waals surface area contributed by atoms with E-state index >= 15 is 0 Å². The van der Waals surface area contributed by atoms with Crippen LogP contribution in [0.25, 0.3) is 0 Å². The molecule has 4 rings (SSSR count). The molecule has 0 radical (unpaired) electrons. The minimum Gasteiger partial charge on any atom is -0.387 e. The summed E-state index contributed by atoms with van der Waals surface area (Å²) < 4.78 is 0. The summed E-state index contributed by atoms with van der Waals surface area (Å²) in [5, 5.41) is 11.4. The maximum Gasteiger partial charge on any atom is 0.0887 e. The first-order valence-corrected chi connectivity index (χ1v) is 9.83. The minimum absolute atomic E-state index is 0.226. The third-order valence-corrected chi connectivity index (χ3v) is 5.98. The second-order valence-corrected chi connectivity index (χ2v) is 7.60. The van der Waals surface area contributed by atoms with Crippen LogP contribution in [0.4, 0.5) is 0 Å². The fourth-order valence-corrected chi connectivity index (χ4v) is 4.40. The van der Waals surface area contributed by atoms with Crippen LogP contribution in [0.2, 0.25) is 0 Å². The molecule has 0 aromatic heterocycles. The van der Waals surface area contributed by atoms with Crippen molar-refractivity contribution in [2.75, 3.05) is 13.1 Å². The zero-order valence-electron chi connectivity index (χ0n) is 15.7. The Bertz CT molecular complexity index is 824. The molecule has 0 aliphatic carbocycles. The SMILES string of the molecule is O[C@H](c1ccccc1)C1(c2ccccc2)CCN(Cc2ccccc2)CC1. The van der Waals surface area contributed by atoms with Crippen LogP contribution >= 0.6 is 0 Å². The highest BCUT2D eigenvalue weighted by atomic mass is 16.3. The average molecular weight is 357 g/mol. The van der Waals surface area contributed by atoms with E-state index in [2.05, 4.69) is 65.6 Å². The Morgan fingerprint density at radius 3 is 1.85 bits per heavy atom. The summed E-state index contributed by atoms with van der Waals surface area (Å²) >= 11 is 0. The van der Waals surface area contributed by atoms with Gasteiger partial charge in [0, 0.05) is 12.0 Å². The van der Waals surface area contributed by atoms with Gasteiger partial charge in [-0.05, 0) is 42.6 Å². The largest absolute Gasteiger partial charge is 0.387 e. The number of aliphatic hydroxyl groups is 1. The molecule has 1 saturated heterocycles. The Balaban J connectivity index is 1.58. The summed E-state index contributed by atoms with van der Waals surface area (Å²) in [7, 11) is 0. The molecule has 3 aromatic rings. The molecule has 138 valence electrons. The fourth-order valence-electron chi connectivity index (χ4n) is 4.40. The van der Waals surface area contributed by atoms with E-state index in [1.165, 1.54) is 11.1 Å². The van der Waals surface area contributed by atoms with Crippen molar-refractivity contribution >= 4 is 0 Å². The van der Waals surface area contributed by atoms with Gasteiger partial charge in [0.15, 0.2) is 0 Å². The summed E-state index contributed by atoms with van der Waals surface area (Å²) in [6.07, 6.45) is 1.43. The van der Waals surface area contributed by atoms with Gasteiger partial charge in [-0.3, -0.25) is 4.90 Å². The van der Waals surface area contributed by atoms with Crippen LogP contribution in [0, 0.1) is 0 Å². The van der Waals surface area contributed by atoms with Gasteiger partial charge in [0.1, 0.15) is 0 Å². The van der Waals surface area contributed by atoms with Crippen LogP contribution < -0.4 is 0 Å². The van der Waals surface area contributed by atoms with Crippen molar-refractivity contribution in [3.8, 4) is 0 Å². The van der Waals surface area contributed by atoms with E-state index in [0.29, 0.717) is 0 Å². The van der Waals surface area contributed by atoms with Crippen molar-refractivity contribution in [3.05, 3.63) is 108 Å². The Kier molecular flexibility index (Phi) is 5.38. The monoisotopic (exact) mass is 357 g/mol. The lowest BCUT2D eigenvalue weighted by atomic mass is 9.67. The number of hydrogen-bond acceptors (Lipinski definition) is 2. The summed E-state index contributed by atoms with van der Waals surface area (Å²) in [4.78, 5) is 2.51. The van der Waals surface area contributed by atoms with Gasteiger partial charge < -0.3 is 5.11 Å². The van der Waals surface area contributed by atoms with E-state index in [1.54, 1.807) is 0 Å². The van der Waals surface area contributed by atoms with Gasteiger partial charge in [0.05, 0.1) is 6.10 Å². The lowest BCUT2D eigenvalue weighted by molar-refractivity contribution is 0.0270. The first-order chi connectivity index (χ1) is 13.3. The standard InChI is InChI=1S/C25H27NO/c27-24(22-12-6-2-7-13-22)25(23-14-8-3-9-15-23)16-18-26(19-17-25)20-21-10-4-1-5-11-21/h1-15,24,27H,16-20H2/t24-/m1/s1. The Morgan fingerprint density at radius 2 is 1.26 bits per heavy atom. The summed E-state index contributed by atoms with van der Waals surface area (Å²) in [5.74, 6) is 0. The summed E-state index contributed by atoms with van der Waals surface area (Å²) in [6.45, 7) is 2.97. The highest BCUT2D eigenvalue weighted by Crippen LogP contribution is 2.45. The van der Waals surface area contributed by atoms with Crippen molar-refractivity contribution in [3.63, 3.8) is 0 Å². The van der Waals surface area contributed by atoms with Gasteiger partial charge in [-0.25, -0.2) is 0 Å². The lowest BCUT2D eigenvalue weighted by Crippen LogP contribution is -2.45. The molecule has 0 bridgehead atoms. The van der Waals surface area contributed by atoms with E-state index < -0.39 is 6.10 Å². The highest BCUT2D eigenvalue weighted by molar-refractivity contribution is 5.33. The molecule has 1 N–H and O–H groups in total. The van der Waals surface area contributed by atoms with Crippen molar-refractivity contribution in [1.29, 1.82) is 0 Å². The Labute approximate surface area is 162 Å². The smallest absolute Gasteiger partial charge is 0.0887 e. The van der Waals surface area contributed by atoms with E-state index in [4.69, 9.17) is 0 Å². The van der Waals surface area contributed by atoms with E-state index in [-0.39, 0.29) is 5.41 Å². The van der Waals surface area contributed by atoms with Crippen molar-refractivity contribution in [2.24, 2.45) is 0 Å². The molecular formula is C25H27NO. The van der Waals surface area contributed by atoms with Crippen LogP contribution in [0.15, 0.2) is 91.0 Å². The number of aliphatic hydroxyl groups excluding tert-OH is 1. The van der Waals surface area contributed by atoms with E-state index in [0.717, 1.165) is 38.0 Å². The van der Waals surface area contributed by atoms with Gasteiger partial charge in [0.2, 0.25) is 0 Å². The molecule has 0 unspecified atom stereocenters. The van der Waals surface area contributed by atoms with Gasteiger partial charge in [-0.2, -0.15) is 0 Å². The second-order valence-electron chi connectivity index (χ2n) is 7.60. The molecule has 1 aliphatic heterocycles. The highest BCUT2D eigenvalue weighted by Gasteiger charge is 2.42. The predicted octanol–water partition coefficient (Wildman–Crippen LogP) is 4.95. The third kappa shape index (κ3) is 3.83.